The topological polar surface area (TPSA) is 112 Å². The number of alkyl halides is 2. The number of anilines is 2. The Hall–Kier alpha value is -5.56. The smallest absolute Gasteiger partial charge is 0.286 e. The van der Waals surface area contributed by atoms with Crippen LogP contribution in [0.15, 0.2) is 65.9 Å². The molecule has 0 saturated carbocycles. The summed E-state index contributed by atoms with van der Waals surface area (Å²) in [5.41, 5.74) is 5.98. The summed E-state index contributed by atoms with van der Waals surface area (Å²) in [6, 6.07) is 13.0. The molecule has 13 heteroatoms. The number of ether oxygens (including phenoxy) is 2. The van der Waals surface area contributed by atoms with E-state index in [0.29, 0.717) is 57.1 Å². The van der Waals surface area contributed by atoms with Gasteiger partial charge in [-0.2, -0.15) is 8.78 Å². The molecule has 3 aromatic rings. The average molecular weight is 744 g/mol. The molecule has 0 radical (unpaired) electrons. The zero-order chi connectivity index (χ0) is 39.5. The van der Waals surface area contributed by atoms with Gasteiger partial charge in [0.2, 0.25) is 18.2 Å². The first-order valence-corrected chi connectivity index (χ1v) is 17.5. The number of piperidine rings is 1. The van der Waals surface area contributed by atoms with Crippen LogP contribution in [0.2, 0.25) is 0 Å². The van der Waals surface area contributed by atoms with Gasteiger partial charge in [0.25, 0.3) is 5.92 Å². The number of hydrogen-bond donors (Lipinski definition) is 1. The Morgan fingerprint density at radius 1 is 1.00 bits per heavy atom. The minimum absolute atomic E-state index is 0.0913. The van der Waals surface area contributed by atoms with Crippen LogP contribution in [-0.4, -0.2) is 89.3 Å². The number of carbonyl (C=O) groups is 4. The van der Waals surface area contributed by atoms with E-state index >= 15 is 8.78 Å². The molecule has 0 bridgehead atoms. The van der Waals surface area contributed by atoms with Crippen molar-refractivity contribution in [2.24, 2.45) is 0 Å². The van der Waals surface area contributed by atoms with Crippen molar-refractivity contribution < 1.29 is 37.4 Å². The molecule has 3 amide bonds. The number of halogens is 2. The Morgan fingerprint density at radius 2 is 1.69 bits per heavy atom. The second kappa shape index (κ2) is 16.2. The van der Waals surface area contributed by atoms with Crippen LogP contribution in [0.5, 0.6) is 11.5 Å². The number of rotatable bonds is 13. The highest BCUT2D eigenvalue weighted by molar-refractivity contribution is 6.05. The maximum absolute atomic E-state index is 16.3. The standard InChI is InChI=1S/C41H47F2N5O6/c1-25(22-49)26(2)31(20-45(3)4)29-17-36(53-7)32(37(18-29)54-8)21-47-19-28-13-12-27(16-33(28)41(42,43)23-47)30-10-9-11-34(39(30)46(5)6)48(24-50)35-14-15-38(51)44-40(35)52/h9-13,16-18,20,22,24,35H,14-15,19,21,23H2,1-8H3,(H,44,51,52)/b26-25-,31-20+. The molecule has 1 unspecified atom stereocenters. The van der Waals surface area contributed by atoms with Crippen molar-refractivity contribution in [2.45, 2.75) is 51.7 Å². The number of benzene rings is 3. The third-order valence-electron chi connectivity index (χ3n) is 9.89. The van der Waals surface area contributed by atoms with E-state index in [9.17, 15) is 19.2 Å². The maximum atomic E-state index is 16.3. The summed E-state index contributed by atoms with van der Waals surface area (Å²) >= 11 is 0. The van der Waals surface area contributed by atoms with Gasteiger partial charge >= 0.3 is 0 Å². The zero-order valence-electron chi connectivity index (χ0n) is 32.0. The summed E-state index contributed by atoms with van der Waals surface area (Å²) in [5.74, 6) is -3.26. The lowest BCUT2D eigenvalue weighted by Crippen LogP contribution is -2.52. The molecule has 2 aliphatic rings. The van der Waals surface area contributed by atoms with Crippen molar-refractivity contribution in [2.75, 3.05) is 58.8 Å². The zero-order valence-corrected chi connectivity index (χ0v) is 32.0. The molecule has 0 spiro atoms. The molecule has 0 aromatic heterocycles. The third kappa shape index (κ3) is 8.01. The Bertz CT molecular complexity index is 2000. The SMILES string of the molecule is COc1cc(C(=C/N(C)C)/C(C)=C(/C)C=O)cc(OC)c1CN1Cc2ccc(-c3cccc(N(C=O)C4CCC(=O)NC4=O)c3N(C)C)cc2C(F)(F)C1. The molecule has 0 aliphatic carbocycles. The molecule has 1 atom stereocenters. The predicted molar refractivity (Wildman–Crippen MR) is 205 cm³/mol. The van der Waals surface area contributed by atoms with Crippen LogP contribution < -0.4 is 24.6 Å². The van der Waals surface area contributed by atoms with Crippen molar-refractivity contribution >= 4 is 41.5 Å². The van der Waals surface area contributed by atoms with E-state index in [-0.39, 0.29) is 31.5 Å². The van der Waals surface area contributed by atoms with Gasteiger partial charge < -0.3 is 24.2 Å². The van der Waals surface area contributed by atoms with Gasteiger partial charge in [-0.25, -0.2) is 0 Å². The summed E-state index contributed by atoms with van der Waals surface area (Å²) in [5, 5.41) is 2.30. The highest BCUT2D eigenvalue weighted by atomic mass is 19.3. The minimum atomic E-state index is -3.22. The van der Waals surface area contributed by atoms with Crippen LogP contribution in [0, 0.1) is 0 Å². The van der Waals surface area contributed by atoms with Gasteiger partial charge in [-0.1, -0.05) is 24.3 Å². The van der Waals surface area contributed by atoms with Gasteiger partial charge in [0, 0.05) is 70.6 Å². The van der Waals surface area contributed by atoms with Crippen LogP contribution in [0.1, 0.15) is 48.9 Å². The van der Waals surface area contributed by atoms with E-state index in [4.69, 9.17) is 9.47 Å². The monoisotopic (exact) mass is 743 g/mol. The molecule has 1 saturated heterocycles. The normalized spacial score (nSPS) is 17.5. The lowest BCUT2D eigenvalue weighted by atomic mass is 9.90. The second-order valence-corrected chi connectivity index (χ2v) is 14.1. The van der Waals surface area contributed by atoms with Gasteiger partial charge in [-0.3, -0.25) is 29.4 Å². The number of hydrogen-bond acceptors (Lipinski definition) is 9. The van der Waals surface area contributed by atoms with Gasteiger partial charge in [-0.15, -0.1) is 0 Å². The summed E-state index contributed by atoms with van der Waals surface area (Å²) in [6.45, 7) is 3.41. The second-order valence-electron chi connectivity index (χ2n) is 14.1. The molecular weight excluding hydrogens is 696 g/mol. The molecule has 1 fully saturated rings. The van der Waals surface area contributed by atoms with Crippen LogP contribution in [0.25, 0.3) is 16.7 Å². The fourth-order valence-corrected chi connectivity index (χ4v) is 7.15. The van der Waals surface area contributed by atoms with Gasteiger partial charge in [0.05, 0.1) is 37.7 Å². The third-order valence-corrected chi connectivity index (χ3v) is 9.89. The van der Waals surface area contributed by atoms with E-state index in [1.807, 2.05) is 44.3 Å². The number of amides is 3. The van der Waals surface area contributed by atoms with E-state index in [0.717, 1.165) is 23.0 Å². The number of aldehydes is 1. The number of para-hydroxylation sites is 1. The molecule has 54 heavy (non-hydrogen) atoms. The average Bonchev–Trinajstić information content (AvgIpc) is 3.13. The van der Waals surface area contributed by atoms with Crippen molar-refractivity contribution in [3.8, 4) is 22.6 Å². The van der Waals surface area contributed by atoms with Crippen LogP contribution in [-0.2, 0) is 38.2 Å². The quantitative estimate of drug-likeness (QED) is 0.101. The number of nitrogens with one attached hydrogen (secondary N) is 1. The number of methoxy groups -OCH3 is 2. The molecule has 1 N–H and O–H groups in total. The Morgan fingerprint density at radius 3 is 2.26 bits per heavy atom. The fraction of sp³-hybridized carbons (Fsp3) is 0.366. The minimum Gasteiger partial charge on any atom is -0.496 e. The summed E-state index contributed by atoms with van der Waals surface area (Å²) in [4.78, 5) is 55.2. The van der Waals surface area contributed by atoms with Crippen molar-refractivity contribution in [3.05, 3.63) is 88.1 Å². The highest BCUT2D eigenvalue weighted by Crippen LogP contribution is 2.45. The summed E-state index contributed by atoms with van der Waals surface area (Å²) in [7, 11) is 10.4. The molecule has 5 rings (SSSR count). The van der Waals surface area contributed by atoms with E-state index in [2.05, 4.69) is 5.32 Å². The van der Waals surface area contributed by atoms with Crippen LogP contribution in [0.3, 0.4) is 0 Å². The maximum Gasteiger partial charge on any atom is 0.286 e. The molecule has 2 heterocycles. The molecular formula is C41H47F2N5O6. The number of fused-ring (bicyclic) bond motifs is 1. The highest BCUT2D eigenvalue weighted by Gasteiger charge is 2.41. The Labute approximate surface area is 314 Å². The van der Waals surface area contributed by atoms with Crippen LogP contribution in [0.4, 0.5) is 20.2 Å². The number of imide groups is 1. The fourth-order valence-electron chi connectivity index (χ4n) is 7.15. The molecule has 2 aliphatic heterocycles. The first-order valence-electron chi connectivity index (χ1n) is 17.5. The number of carbonyl (C=O) groups excluding carboxylic acids is 4. The number of nitrogens with zero attached hydrogens (tertiary/aromatic N) is 4. The lowest BCUT2D eigenvalue weighted by Gasteiger charge is -2.36. The largest absolute Gasteiger partial charge is 0.496 e. The lowest BCUT2D eigenvalue weighted by molar-refractivity contribution is -0.134. The molecule has 3 aromatic carbocycles. The van der Waals surface area contributed by atoms with E-state index in [1.54, 1.807) is 61.2 Å². The van der Waals surface area contributed by atoms with Crippen molar-refractivity contribution in [1.82, 2.24) is 15.1 Å². The van der Waals surface area contributed by atoms with Gasteiger partial charge in [-0.05, 0) is 72.4 Å². The van der Waals surface area contributed by atoms with Crippen LogP contribution >= 0.6 is 0 Å². The van der Waals surface area contributed by atoms with Gasteiger partial charge in [0.15, 0.2) is 0 Å². The van der Waals surface area contributed by atoms with E-state index in [1.165, 1.54) is 25.2 Å². The predicted octanol–water partition coefficient (Wildman–Crippen LogP) is 5.75. The van der Waals surface area contributed by atoms with Crippen molar-refractivity contribution in [1.29, 1.82) is 0 Å². The Balaban J connectivity index is 1.50. The van der Waals surface area contributed by atoms with Gasteiger partial charge in [0.1, 0.15) is 23.8 Å². The molecule has 286 valence electrons. The number of allylic oxidation sites excluding steroid dienone is 3. The van der Waals surface area contributed by atoms with E-state index < -0.39 is 30.3 Å². The summed E-state index contributed by atoms with van der Waals surface area (Å²) in [6.07, 6.45) is 3.53. The Kier molecular flexibility index (Phi) is 11.9. The first kappa shape index (κ1) is 39.6. The van der Waals surface area contributed by atoms with Crippen molar-refractivity contribution in [3.63, 3.8) is 0 Å². The molecule has 11 nitrogen and oxygen atoms in total. The first-order chi connectivity index (χ1) is 25.6. The summed E-state index contributed by atoms with van der Waals surface area (Å²) < 4.78 is 44.1.